The monoisotopic (exact) mass is 371 g/mol. The Morgan fingerprint density at radius 2 is 1.89 bits per heavy atom. The minimum Gasteiger partial charge on any atom is -0.489 e. The van der Waals surface area contributed by atoms with Gasteiger partial charge in [0.05, 0.1) is 0 Å². The quantitative estimate of drug-likeness (QED) is 0.816. The summed E-state index contributed by atoms with van der Waals surface area (Å²) < 4.78 is 24.0. The van der Waals surface area contributed by atoms with E-state index in [4.69, 9.17) is 9.47 Å². The van der Waals surface area contributed by atoms with Gasteiger partial charge in [0.1, 0.15) is 23.2 Å². The van der Waals surface area contributed by atoms with Crippen LogP contribution in [0.4, 0.5) is 4.39 Å². The summed E-state index contributed by atoms with van der Waals surface area (Å²) in [7, 11) is 0. The van der Waals surface area contributed by atoms with Gasteiger partial charge in [-0.15, -0.1) is 0 Å². The first-order valence-electron chi connectivity index (χ1n) is 8.89. The van der Waals surface area contributed by atoms with E-state index in [1.54, 1.807) is 24.3 Å². The molecule has 0 aliphatic carbocycles. The molecule has 1 amide bonds. The van der Waals surface area contributed by atoms with Gasteiger partial charge in [0.2, 0.25) is 0 Å². The van der Waals surface area contributed by atoms with E-state index in [0.717, 1.165) is 11.1 Å². The molecular weight excluding hydrogens is 349 g/mol. The van der Waals surface area contributed by atoms with Crippen molar-refractivity contribution in [3.05, 3.63) is 65.0 Å². The van der Waals surface area contributed by atoms with Crippen LogP contribution in [0.15, 0.2) is 42.5 Å². The van der Waals surface area contributed by atoms with Crippen molar-refractivity contribution < 1.29 is 23.5 Å². The maximum absolute atomic E-state index is 12.9. The number of fused-ring (bicyclic) bond motifs is 1. The Morgan fingerprint density at radius 3 is 2.59 bits per heavy atom. The van der Waals surface area contributed by atoms with Gasteiger partial charge in [-0.05, 0) is 37.6 Å². The molecule has 1 N–H and O–H groups in total. The summed E-state index contributed by atoms with van der Waals surface area (Å²) in [4.78, 5) is 24.7. The Kier molecular flexibility index (Phi) is 5.44. The van der Waals surface area contributed by atoms with E-state index in [0.29, 0.717) is 11.3 Å². The Bertz CT molecular complexity index is 850. The number of esters is 1. The van der Waals surface area contributed by atoms with Gasteiger partial charge in [0, 0.05) is 18.0 Å². The normalized spacial score (nSPS) is 19.0. The zero-order chi connectivity index (χ0) is 19.6. The van der Waals surface area contributed by atoms with Gasteiger partial charge >= 0.3 is 5.97 Å². The van der Waals surface area contributed by atoms with Crippen LogP contribution in [0.2, 0.25) is 0 Å². The van der Waals surface area contributed by atoms with Gasteiger partial charge in [-0.2, -0.15) is 0 Å². The molecule has 6 heteroatoms. The summed E-state index contributed by atoms with van der Waals surface area (Å²) in [6.45, 7) is 5.72. The predicted octanol–water partition coefficient (Wildman–Crippen LogP) is 3.57. The number of halogens is 1. The van der Waals surface area contributed by atoms with E-state index in [1.165, 1.54) is 19.1 Å². The Labute approximate surface area is 157 Å². The minimum absolute atomic E-state index is 0.0228. The molecule has 1 aliphatic heterocycles. The molecule has 2 aromatic rings. The van der Waals surface area contributed by atoms with Crippen molar-refractivity contribution in [1.82, 2.24) is 5.32 Å². The second-order valence-corrected chi connectivity index (χ2v) is 6.73. The molecule has 0 saturated heterocycles. The topological polar surface area (TPSA) is 64.6 Å². The van der Waals surface area contributed by atoms with Crippen molar-refractivity contribution in [2.75, 3.05) is 0 Å². The summed E-state index contributed by atoms with van der Waals surface area (Å²) in [6.07, 6.45) is -0.990. The molecule has 0 aromatic heterocycles. The fraction of sp³-hybridized carbons (Fsp3) is 0.333. The smallest absolute Gasteiger partial charge is 0.342 e. The number of rotatable bonds is 5. The van der Waals surface area contributed by atoms with Crippen molar-refractivity contribution in [2.24, 2.45) is 0 Å². The van der Waals surface area contributed by atoms with Crippen molar-refractivity contribution in [1.29, 1.82) is 0 Å². The minimum atomic E-state index is -0.968. The molecule has 3 rings (SSSR count). The van der Waals surface area contributed by atoms with Gasteiger partial charge in [-0.1, -0.05) is 31.2 Å². The lowest BCUT2D eigenvalue weighted by Gasteiger charge is -2.15. The van der Waals surface area contributed by atoms with Crippen molar-refractivity contribution >= 4 is 11.9 Å². The highest BCUT2D eigenvalue weighted by Gasteiger charge is 2.32. The first-order chi connectivity index (χ1) is 12.9. The fourth-order valence-corrected chi connectivity index (χ4v) is 2.96. The lowest BCUT2D eigenvalue weighted by atomic mass is 9.97. The van der Waals surface area contributed by atoms with E-state index >= 15 is 0 Å². The van der Waals surface area contributed by atoms with Gasteiger partial charge in [-0.3, -0.25) is 4.79 Å². The van der Waals surface area contributed by atoms with E-state index in [2.05, 4.69) is 5.32 Å². The molecular formula is C21H22FNO4. The highest BCUT2D eigenvalue weighted by atomic mass is 19.1. The third-order valence-electron chi connectivity index (χ3n) is 4.80. The molecule has 0 bridgehead atoms. The number of amides is 1. The van der Waals surface area contributed by atoms with Crippen LogP contribution in [-0.2, 0) is 16.1 Å². The van der Waals surface area contributed by atoms with E-state index in [9.17, 15) is 14.0 Å². The third kappa shape index (κ3) is 4.10. The standard InChI is InChI=1S/C21H22FNO4/c1-12-13(2)26-19-17(12)5-4-6-18(19)21(25)27-14(3)20(24)23-11-15-7-9-16(22)10-8-15/h4-10,12-14H,11H2,1-3H3,(H,23,24). The van der Waals surface area contributed by atoms with E-state index in [1.807, 2.05) is 19.9 Å². The summed E-state index contributed by atoms with van der Waals surface area (Å²) >= 11 is 0. The summed E-state index contributed by atoms with van der Waals surface area (Å²) in [5.74, 6) is -0.653. The van der Waals surface area contributed by atoms with Crippen LogP contribution in [0, 0.1) is 5.82 Å². The molecule has 2 aromatic carbocycles. The summed E-state index contributed by atoms with van der Waals surface area (Å²) in [5, 5.41) is 2.67. The van der Waals surface area contributed by atoms with E-state index < -0.39 is 18.0 Å². The second kappa shape index (κ2) is 7.78. The van der Waals surface area contributed by atoms with Crippen LogP contribution < -0.4 is 10.1 Å². The predicted molar refractivity (Wildman–Crippen MR) is 98.1 cm³/mol. The highest BCUT2D eigenvalue weighted by molar-refractivity contribution is 5.95. The van der Waals surface area contributed by atoms with Gasteiger partial charge in [-0.25, -0.2) is 9.18 Å². The fourth-order valence-electron chi connectivity index (χ4n) is 2.96. The van der Waals surface area contributed by atoms with Crippen molar-refractivity contribution in [2.45, 2.75) is 45.4 Å². The molecule has 0 spiro atoms. The average Bonchev–Trinajstić information content (AvgIpc) is 2.95. The van der Waals surface area contributed by atoms with Gasteiger partial charge in [0.15, 0.2) is 6.10 Å². The Balaban J connectivity index is 1.61. The summed E-state index contributed by atoms with van der Waals surface area (Å²) in [6, 6.07) is 11.2. The first-order valence-corrected chi connectivity index (χ1v) is 8.89. The van der Waals surface area contributed by atoms with Crippen LogP contribution in [0.1, 0.15) is 48.2 Å². The molecule has 0 saturated carbocycles. The number of hydrogen-bond donors (Lipinski definition) is 1. The van der Waals surface area contributed by atoms with Crippen LogP contribution in [-0.4, -0.2) is 24.1 Å². The van der Waals surface area contributed by atoms with Gasteiger partial charge < -0.3 is 14.8 Å². The first kappa shape index (κ1) is 18.9. The SMILES string of the molecule is CC(OC(=O)c1cccc2c1OC(C)C2C)C(=O)NCc1ccc(F)cc1. The molecule has 5 nitrogen and oxygen atoms in total. The molecule has 3 unspecified atom stereocenters. The van der Waals surface area contributed by atoms with Crippen molar-refractivity contribution in [3.8, 4) is 5.75 Å². The average molecular weight is 371 g/mol. The maximum atomic E-state index is 12.9. The summed E-state index contributed by atoms with van der Waals surface area (Å²) in [5.41, 5.74) is 2.03. The highest BCUT2D eigenvalue weighted by Crippen LogP contribution is 2.40. The number of ether oxygens (including phenoxy) is 2. The number of benzene rings is 2. The molecule has 1 heterocycles. The second-order valence-electron chi connectivity index (χ2n) is 6.73. The molecule has 27 heavy (non-hydrogen) atoms. The Hall–Kier alpha value is -2.89. The van der Waals surface area contributed by atoms with Crippen LogP contribution in [0.5, 0.6) is 5.75 Å². The maximum Gasteiger partial charge on any atom is 0.342 e. The van der Waals surface area contributed by atoms with Gasteiger partial charge in [0.25, 0.3) is 5.91 Å². The molecule has 3 atom stereocenters. The molecule has 0 radical (unpaired) electrons. The van der Waals surface area contributed by atoms with Crippen LogP contribution in [0.3, 0.4) is 0 Å². The zero-order valence-electron chi connectivity index (χ0n) is 15.5. The number of para-hydroxylation sites is 1. The largest absolute Gasteiger partial charge is 0.489 e. The molecule has 142 valence electrons. The van der Waals surface area contributed by atoms with E-state index in [-0.39, 0.29) is 24.4 Å². The van der Waals surface area contributed by atoms with Crippen LogP contribution >= 0.6 is 0 Å². The number of carbonyl (C=O) groups is 2. The number of nitrogens with one attached hydrogen (secondary N) is 1. The molecule has 0 fully saturated rings. The number of hydrogen-bond acceptors (Lipinski definition) is 4. The lowest BCUT2D eigenvalue weighted by molar-refractivity contribution is -0.129. The lowest BCUT2D eigenvalue weighted by Crippen LogP contribution is -2.35. The van der Waals surface area contributed by atoms with Crippen molar-refractivity contribution in [3.63, 3.8) is 0 Å². The zero-order valence-corrected chi connectivity index (χ0v) is 15.5. The Morgan fingerprint density at radius 1 is 1.19 bits per heavy atom. The molecule has 1 aliphatic rings. The van der Waals surface area contributed by atoms with Crippen LogP contribution in [0.25, 0.3) is 0 Å². The third-order valence-corrected chi connectivity index (χ3v) is 4.80. The number of carbonyl (C=O) groups excluding carboxylic acids is 2.